The number of carbonyl (C=O) groups excluding carboxylic acids is 1. The molecule has 4 aromatic rings. The summed E-state index contributed by atoms with van der Waals surface area (Å²) < 4.78 is 13.1. The predicted molar refractivity (Wildman–Crippen MR) is 207 cm³/mol. The van der Waals surface area contributed by atoms with Crippen LogP contribution in [0.25, 0.3) is 10.9 Å². The Balaban J connectivity index is 0.879. The molecule has 3 aliphatic rings. The number of H-pyrrole nitrogens is 1. The van der Waals surface area contributed by atoms with Gasteiger partial charge < -0.3 is 35.3 Å². The Morgan fingerprint density at radius 1 is 0.923 bits per heavy atom. The third-order valence-electron chi connectivity index (χ3n) is 10.3. The maximum Gasteiger partial charge on any atom is 0.408 e. The number of unbranched alkanes of at least 4 members (excludes halogenated alkanes) is 6. The Bertz CT molecular complexity index is 1810. The zero-order chi connectivity index (χ0) is 36.3. The molecular formula is C41H51BrN4O6. The number of fused-ring (bicyclic) bond motifs is 4. The van der Waals surface area contributed by atoms with Gasteiger partial charge in [-0.25, -0.2) is 4.79 Å². The molecule has 3 aromatic carbocycles. The van der Waals surface area contributed by atoms with Crippen LogP contribution in [0, 0.1) is 5.92 Å². The van der Waals surface area contributed by atoms with E-state index in [9.17, 15) is 19.8 Å². The first-order chi connectivity index (χ1) is 25.3. The van der Waals surface area contributed by atoms with E-state index < -0.39 is 6.10 Å². The molecule has 3 aliphatic heterocycles. The summed E-state index contributed by atoms with van der Waals surface area (Å²) in [4.78, 5) is 29.9. The first-order valence-electron chi connectivity index (χ1n) is 18.8. The zero-order valence-electron chi connectivity index (χ0n) is 29.7. The van der Waals surface area contributed by atoms with Gasteiger partial charge in [0.1, 0.15) is 17.6 Å². The van der Waals surface area contributed by atoms with Crippen LogP contribution in [0.1, 0.15) is 86.6 Å². The molecule has 3 saturated heterocycles. The van der Waals surface area contributed by atoms with Gasteiger partial charge in [0, 0.05) is 29.0 Å². The van der Waals surface area contributed by atoms with Gasteiger partial charge in [-0.15, -0.1) is 0 Å². The van der Waals surface area contributed by atoms with Crippen molar-refractivity contribution in [3.63, 3.8) is 0 Å². The first kappa shape index (κ1) is 37.8. The van der Waals surface area contributed by atoms with Crippen molar-refractivity contribution in [1.29, 1.82) is 0 Å². The molecule has 0 spiro atoms. The van der Waals surface area contributed by atoms with Crippen molar-refractivity contribution < 1.29 is 24.5 Å². The van der Waals surface area contributed by atoms with E-state index in [1.807, 2.05) is 48.5 Å². The van der Waals surface area contributed by atoms with Crippen LogP contribution in [0.5, 0.6) is 11.5 Å². The molecule has 0 radical (unpaired) electrons. The summed E-state index contributed by atoms with van der Waals surface area (Å²) in [5.74, 6) is 1.20. The molecule has 3 fully saturated rings. The molecule has 1 amide bonds. The highest BCUT2D eigenvalue weighted by atomic mass is 79.9. The van der Waals surface area contributed by atoms with Gasteiger partial charge in [0.25, 0.3) is 0 Å². The lowest BCUT2D eigenvalue weighted by Crippen LogP contribution is -2.52. The second kappa shape index (κ2) is 18.7. The minimum absolute atomic E-state index is 0.0105. The fraction of sp³-hybridized carbons (Fsp3) is 0.463. The van der Waals surface area contributed by atoms with Crippen LogP contribution in [-0.4, -0.2) is 71.6 Å². The van der Waals surface area contributed by atoms with Crippen LogP contribution in [-0.2, 0) is 4.74 Å². The minimum Gasteiger partial charge on any atom is -0.506 e. The third-order valence-corrected chi connectivity index (χ3v) is 10.8. The largest absolute Gasteiger partial charge is 0.506 e. The third kappa shape index (κ3) is 10.4. The molecule has 4 heterocycles. The van der Waals surface area contributed by atoms with Gasteiger partial charge in [0.2, 0.25) is 5.56 Å². The molecule has 1 aromatic heterocycles. The van der Waals surface area contributed by atoms with Crippen LogP contribution >= 0.6 is 15.9 Å². The first-order valence-corrected chi connectivity index (χ1v) is 19.5. The number of aliphatic hydroxyl groups excluding tert-OH is 1. The van der Waals surface area contributed by atoms with Crippen molar-refractivity contribution in [3.8, 4) is 11.5 Å². The molecular weight excluding hydrogens is 724 g/mol. The standard InChI is InChI=1S/C41H51BrN4O6/c42-31-23-30(39(29-11-7-6-8-12-29)45-41(50)52-37-27-46-20-17-28(37)18-21-46)24-32(25-31)51-22-10-5-3-1-2-4-9-19-43-26-36(48)33-13-15-35(47)40-34(33)14-16-38(49)44-40/h6-8,11-16,23-25,28,36-37,39,43,47-48H,1-5,9-10,17-22,26-27H2,(H,44,49)(H,45,50). The fourth-order valence-electron chi connectivity index (χ4n) is 7.50. The number of ether oxygens (including phenoxy) is 2. The van der Waals surface area contributed by atoms with Gasteiger partial charge in [-0.1, -0.05) is 84.4 Å². The summed E-state index contributed by atoms with van der Waals surface area (Å²) in [6, 6.07) is 21.9. The molecule has 0 aliphatic carbocycles. The number of nitrogens with zero attached hydrogens (tertiary/aromatic N) is 1. The number of carbonyl (C=O) groups is 1. The SMILES string of the molecule is O=C(NC(c1ccccc1)c1cc(Br)cc(OCCCCCCCCCNCC(O)c2ccc(O)c3[nH]c(=O)ccc23)c1)OC1CN2CCC1CC2. The Kier molecular flexibility index (Phi) is 13.6. The lowest BCUT2D eigenvalue weighted by molar-refractivity contribution is -0.0336. The molecule has 5 N–H and O–H groups in total. The quantitative estimate of drug-likeness (QED) is 0.0663. The summed E-state index contributed by atoms with van der Waals surface area (Å²) in [5.41, 5.74) is 2.63. The van der Waals surface area contributed by atoms with Crippen molar-refractivity contribution in [2.75, 3.05) is 39.3 Å². The Labute approximate surface area is 314 Å². The van der Waals surface area contributed by atoms with E-state index in [-0.39, 0.29) is 29.5 Å². The average Bonchev–Trinajstić information content (AvgIpc) is 3.15. The molecule has 52 heavy (non-hydrogen) atoms. The number of amides is 1. The maximum atomic E-state index is 13.2. The van der Waals surface area contributed by atoms with Crippen LogP contribution in [0.15, 0.2) is 82.1 Å². The molecule has 0 saturated carbocycles. The molecule has 3 atom stereocenters. The summed E-state index contributed by atoms with van der Waals surface area (Å²) in [6.07, 6.45) is 8.68. The molecule has 3 unspecified atom stereocenters. The van der Waals surface area contributed by atoms with Gasteiger partial charge in [-0.05, 0) is 98.3 Å². The number of nitrogens with one attached hydrogen (secondary N) is 3. The van der Waals surface area contributed by atoms with E-state index in [1.165, 1.54) is 18.6 Å². The summed E-state index contributed by atoms with van der Waals surface area (Å²) in [5, 5.41) is 27.9. The number of piperidine rings is 3. The lowest BCUT2D eigenvalue weighted by atomic mass is 9.86. The van der Waals surface area contributed by atoms with E-state index in [0.29, 0.717) is 35.5 Å². The average molecular weight is 776 g/mol. The Morgan fingerprint density at radius 3 is 2.42 bits per heavy atom. The molecule has 10 nitrogen and oxygen atoms in total. The van der Waals surface area contributed by atoms with E-state index >= 15 is 0 Å². The van der Waals surface area contributed by atoms with Crippen LogP contribution in [0.4, 0.5) is 4.79 Å². The number of hydrogen-bond donors (Lipinski definition) is 5. The highest BCUT2D eigenvalue weighted by Gasteiger charge is 2.37. The van der Waals surface area contributed by atoms with Gasteiger partial charge in [-0.3, -0.25) is 9.69 Å². The van der Waals surface area contributed by atoms with Crippen LogP contribution in [0.2, 0.25) is 0 Å². The molecule has 2 bridgehead atoms. The highest BCUT2D eigenvalue weighted by Crippen LogP contribution is 2.32. The number of aliphatic hydroxyl groups is 1. The number of rotatable bonds is 18. The number of hydrogen-bond acceptors (Lipinski definition) is 8. The molecule has 7 rings (SSSR count). The predicted octanol–water partition coefficient (Wildman–Crippen LogP) is 7.34. The Hall–Kier alpha value is -3.90. The van der Waals surface area contributed by atoms with E-state index in [0.717, 1.165) is 98.9 Å². The number of halogens is 1. The van der Waals surface area contributed by atoms with Gasteiger partial charge in [0.05, 0.1) is 24.3 Å². The number of aromatic nitrogens is 1. The van der Waals surface area contributed by atoms with E-state index in [2.05, 4.69) is 36.4 Å². The van der Waals surface area contributed by atoms with Crippen LogP contribution in [0.3, 0.4) is 0 Å². The van der Waals surface area contributed by atoms with E-state index in [1.54, 1.807) is 12.1 Å². The van der Waals surface area contributed by atoms with Gasteiger partial charge in [-0.2, -0.15) is 0 Å². The number of pyridine rings is 1. The number of phenolic OH excluding ortho intramolecular Hbond substituents is 1. The highest BCUT2D eigenvalue weighted by molar-refractivity contribution is 9.10. The molecule has 278 valence electrons. The van der Waals surface area contributed by atoms with E-state index in [4.69, 9.17) is 9.47 Å². The van der Waals surface area contributed by atoms with Gasteiger partial charge >= 0.3 is 6.09 Å². The summed E-state index contributed by atoms with van der Waals surface area (Å²) in [7, 11) is 0. The topological polar surface area (TPSA) is 136 Å². The number of phenols is 1. The minimum atomic E-state index is -0.745. The number of benzene rings is 3. The fourth-order valence-corrected chi connectivity index (χ4v) is 7.99. The zero-order valence-corrected chi connectivity index (χ0v) is 31.3. The number of aromatic hydroxyl groups is 1. The summed E-state index contributed by atoms with van der Waals surface area (Å²) in [6.45, 7) is 4.85. The van der Waals surface area contributed by atoms with Crippen molar-refractivity contribution in [3.05, 3.63) is 104 Å². The van der Waals surface area contributed by atoms with Crippen molar-refractivity contribution in [2.24, 2.45) is 5.92 Å². The second-order valence-electron chi connectivity index (χ2n) is 14.1. The van der Waals surface area contributed by atoms with Crippen LogP contribution < -0.4 is 20.9 Å². The second-order valence-corrected chi connectivity index (χ2v) is 15.0. The number of aromatic amines is 1. The normalized spacial score (nSPS) is 19.3. The summed E-state index contributed by atoms with van der Waals surface area (Å²) >= 11 is 3.66. The Morgan fingerprint density at radius 2 is 1.67 bits per heavy atom. The lowest BCUT2D eigenvalue weighted by Gasteiger charge is -2.43. The number of alkyl carbamates (subject to hydrolysis) is 1. The van der Waals surface area contributed by atoms with Gasteiger partial charge in [0.15, 0.2) is 0 Å². The molecule has 11 heteroatoms. The maximum absolute atomic E-state index is 13.2. The van der Waals surface area contributed by atoms with Crippen molar-refractivity contribution in [1.82, 2.24) is 20.5 Å². The van der Waals surface area contributed by atoms with Crippen molar-refractivity contribution >= 4 is 32.9 Å². The smallest absolute Gasteiger partial charge is 0.408 e. The monoisotopic (exact) mass is 774 g/mol. The van der Waals surface area contributed by atoms with Crippen molar-refractivity contribution in [2.45, 2.75) is 76.0 Å².